The van der Waals surface area contributed by atoms with Crippen LogP contribution in [0.4, 0.5) is 0 Å². The maximum atomic E-state index is 11.5. The third kappa shape index (κ3) is 6.42. The molecular weight excluding hydrogens is 320 g/mol. The predicted octanol–water partition coefficient (Wildman–Crippen LogP) is 6.29. The van der Waals surface area contributed by atoms with Gasteiger partial charge in [-0.05, 0) is 24.8 Å². The number of Topliss-reactive ketones (excluding diaryl/α,β-unsaturated/α-hetero) is 1. The minimum absolute atomic E-state index is 0.272. The van der Waals surface area contributed by atoms with E-state index < -0.39 is 5.60 Å². The maximum absolute atomic E-state index is 11.5. The Labute approximate surface area is 158 Å². The van der Waals surface area contributed by atoms with Gasteiger partial charge in [0.1, 0.15) is 0 Å². The Morgan fingerprint density at radius 1 is 0.885 bits per heavy atom. The van der Waals surface area contributed by atoms with Crippen LogP contribution in [0.15, 0.2) is 60.7 Å². The molecule has 2 aromatic rings. The number of hydrogen-bond acceptors (Lipinski definition) is 2. The highest BCUT2D eigenvalue weighted by Gasteiger charge is 2.30. The number of carbonyl (C=O) groups is 1. The van der Waals surface area contributed by atoms with E-state index in [0.717, 1.165) is 49.7 Å². The second kappa shape index (κ2) is 10.9. The number of unbranched alkanes of at least 4 members (excludes halogenated alkanes) is 2. The molecule has 0 aliphatic heterocycles. The van der Waals surface area contributed by atoms with Crippen molar-refractivity contribution < 1.29 is 9.90 Å². The van der Waals surface area contributed by atoms with Crippen LogP contribution in [0, 0.1) is 0 Å². The molecule has 140 valence electrons. The summed E-state index contributed by atoms with van der Waals surface area (Å²) >= 11 is 0. The predicted molar refractivity (Wildman–Crippen MR) is 108 cm³/mol. The molecule has 2 heteroatoms. The molecule has 2 aromatic carbocycles. The summed E-state index contributed by atoms with van der Waals surface area (Å²) in [6, 6.07) is 19.6. The van der Waals surface area contributed by atoms with Gasteiger partial charge in [-0.2, -0.15) is 0 Å². The van der Waals surface area contributed by atoms with Gasteiger partial charge in [0, 0.05) is 12.0 Å². The first kappa shape index (κ1) is 20.4. The average molecular weight is 353 g/mol. The summed E-state index contributed by atoms with van der Waals surface area (Å²) in [5, 5.41) is 10.3. The molecule has 0 unspecified atom stereocenters. The van der Waals surface area contributed by atoms with Crippen molar-refractivity contribution in [3.05, 3.63) is 71.8 Å². The lowest BCUT2D eigenvalue weighted by Crippen LogP contribution is -2.28. The average Bonchev–Trinajstić information content (AvgIpc) is 2.70. The van der Waals surface area contributed by atoms with Gasteiger partial charge >= 0.3 is 0 Å². The first-order valence-corrected chi connectivity index (χ1v) is 10.0. The van der Waals surface area contributed by atoms with Crippen LogP contribution in [0.2, 0.25) is 0 Å². The van der Waals surface area contributed by atoms with E-state index in [1.165, 1.54) is 12.8 Å². The Kier molecular flexibility index (Phi) is 8.57. The lowest BCUT2D eigenvalue weighted by molar-refractivity contribution is -0.000626. The fourth-order valence-corrected chi connectivity index (χ4v) is 3.48. The van der Waals surface area contributed by atoms with Gasteiger partial charge < -0.3 is 5.11 Å². The topological polar surface area (TPSA) is 37.3 Å². The number of carbonyl (C=O) groups excluding carboxylic acids is 1. The summed E-state index contributed by atoms with van der Waals surface area (Å²) in [6.45, 7) is 2.15. The minimum Gasteiger partial charge on any atom is -0.385 e. The summed E-state index contributed by atoms with van der Waals surface area (Å²) in [4.78, 5) is 11.5. The quantitative estimate of drug-likeness (QED) is 0.490. The highest BCUT2D eigenvalue weighted by molar-refractivity contribution is 5.95. The monoisotopic (exact) mass is 352 g/mol. The van der Waals surface area contributed by atoms with E-state index in [2.05, 4.69) is 6.92 Å². The van der Waals surface area contributed by atoms with Gasteiger partial charge in [-0.3, -0.25) is 4.79 Å². The van der Waals surface area contributed by atoms with Crippen molar-refractivity contribution in [2.75, 3.05) is 0 Å². The second-order valence-corrected chi connectivity index (χ2v) is 7.20. The van der Waals surface area contributed by atoms with Gasteiger partial charge in [0.25, 0.3) is 0 Å². The highest BCUT2D eigenvalue weighted by Crippen LogP contribution is 2.36. The number of hydrogen-bond donors (Lipinski definition) is 1. The molecule has 0 amide bonds. The van der Waals surface area contributed by atoms with E-state index in [0.29, 0.717) is 6.42 Å². The molecule has 2 nitrogen and oxygen atoms in total. The zero-order valence-electron chi connectivity index (χ0n) is 16.0. The molecule has 0 spiro atoms. The number of rotatable bonds is 6. The van der Waals surface area contributed by atoms with Crippen molar-refractivity contribution >= 4 is 5.78 Å². The Balaban J connectivity index is 0.000000187. The van der Waals surface area contributed by atoms with Crippen molar-refractivity contribution in [3.8, 4) is 0 Å². The fourth-order valence-electron chi connectivity index (χ4n) is 3.48. The van der Waals surface area contributed by atoms with Crippen molar-refractivity contribution in [2.24, 2.45) is 0 Å². The minimum atomic E-state index is -0.528. The molecule has 0 radical (unpaired) electrons. The van der Waals surface area contributed by atoms with Gasteiger partial charge in [0.2, 0.25) is 0 Å². The summed E-state index contributed by atoms with van der Waals surface area (Å²) in [5.74, 6) is 0.272. The number of aliphatic hydroxyl groups is 1. The summed E-state index contributed by atoms with van der Waals surface area (Å²) < 4.78 is 0. The van der Waals surface area contributed by atoms with Crippen LogP contribution < -0.4 is 0 Å². The van der Waals surface area contributed by atoms with Crippen LogP contribution in [0.3, 0.4) is 0 Å². The van der Waals surface area contributed by atoms with Gasteiger partial charge in [-0.15, -0.1) is 0 Å². The normalized spacial score (nSPS) is 15.6. The second-order valence-electron chi connectivity index (χ2n) is 7.20. The maximum Gasteiger partial charge on any atom is 0.162 e. The van der Waals surface area contributed by atoms with Crippen LogP contribution in [-0.2, 0) is 5.60 Å². The van der Waals surface area contributed by atoms with E-state index in [4.69, 9.17) is 0 Å². The first-order valence-electron chi connectivity index (χ1n) is 10.0. The third-order valence-corrected chi connectivity index (χ3v) is 5.10. The molecule has 0 heterocycles. The van der Waals surface area contributed by atoms with Crippen molar-refractivity contribution in [1.29, 1.82) is 0 Å². The van der Waals surface area contributed by atoms with Crippen molar-refractivity contribution in [1.82, 2.24) is 0 Å². The highest BCUT2D eigenvalue weighted by atomic mass is 16.3. The Bertz CT molecular complexity index is 628. The summed E-state index contributed by atoms with van der Waals surface area (Å²) in [7, 11) is 0. The van der Waals surface area contributed by atoms with E-state index in [1.54, 1.807) is 0 Å². The molecule has 0 bridgehead atoms. The van der Waals surface area contributed by atoms with Crippen LogP contribution in [0.25, 0.3) is 0 Å². The smallest absolute Gasteiger partial charge is 0.162 e. The molecule has 1 fully saturated rings. The van der Waals surface area contributed by atoms with E-state index >= 15 is 0 Å². The van der Waals surface area contributed by atoms with Crippen LogP contribution >= 0.6 is 0 Å². The van der Waals surface area contributed by atoms with Gasteiger partial charge in [-0.25, -0.2) is 0 Å². The molecule has 1 saturated carbocycles. The molecule has 1 N–H and O–H groups in total. The molecule has 0 saturated heterocycles. The van der Waals surface area contributed by atoms with E-state index in [-0.39, 0.29) is 5.78 Å². The largest absolute Gasteiger partial charge is 0.385 e. The summed E-state index contributed by atoms with van der Waals surface area (Å²) in [6.07, 6.45) is 9.47. The van der Waals surface area contributed by atoms with E-state index in [1.807, 2.05) is 60.7 Å². The number of ketones is 1. The summed E-state index contributed by atoms with van der Waals surface area (Å²) in [5.41, 5.74) is 1.41. The van der Waals surface area contributed by atoms with Crippen LogP contribution in [-0.4, -0.2) is 10.9 Å². The Morgan fingerprint density at radius 2 is 1.46 bits per heavy atom. The zero-order chi connectivity index (χ0) is 18.7. The zero-order valence-corrected chi connectivity index (χ0v) is 16.0. The van der Waals surface area contributed by atoms with Crippen LogP contribution in [0.5, 0.6) is 0 Å². The van der Waals surface area contributed by atoms with Crippen molar-refractivity contribution in [2.45, 2.75) is 70.3 Å². The lowest BCUT2D eigenvalue weighted by Gasteiger charge is -2.32. The SMILES string of the molecule is CCCCCC(=O)c1ccccc1.OC1(c2ccccc2)CCCCC1. The van der Waals surface area contributed by atoms with Crippen LogP contribution in [0.1, 0.15) is 80.6 Å². The molecule has 0 aromatic heterocycles. The standard InChI is InChI=1S/2C12H16O/c13-12(9-5-2-6-10-12)11-7-3-1-4-8-11;1-2-3-5-10-12(13)11-8-6-4-7-9-11/h1,3-4,7-8,13H,2,5-6,9-10H2;4,6-9H,2-3,5,10H2,1H3. The molecule has 1 aliphatic carbocycles. The third-order valence-electron chi connectivity index (χ3n) is 5.10. The van der Waals surface area contributed by atoms with Gasteiger partial charge in [-0.1, -0.05) is 99.7 Å². The van der Waals surface area contributed by atoms with Gasteiger partial charge in [0.05, 0.1) is 5.60 Å². The molecule has 0 atom stereocenters. The van der Waals surface area contributed by atoms with Crippen molar-refractivity contribution in [3.63, 3.8) is 0 Å². The van der Waals surface area contributed by atoms with Gasteiger partial charge in [0.15, 0.2) is 5.78 Å². The lowest BCUT2D eigenvalue weighted by atomic mass is 9.80. The Hall–Kier alpha value is -1.93. The van der Waals surface area contributed by atoms with E-state index in [9.17, 15) is 9.90 Å². The molecular formula is C24H32O2. The first-order chi connectivity index (χ1) is 12.7. The fraction of sp³-hybridized carbons (Fsp3) is 0.458. The molecule has 3 rings (SSSR count). The number of benzene rings is 2. The molecule has 26 heavy (non-hydrogen) atoms. The Morgan fingerprint density at radius 3 is 2.04 bits per heavy atom. The molecule has 1 aliphatic rings.